The van der Waals surface area contributed by atoms with Crippen LogP contribution in [0.4, 0.5) is 5.82 Å². The van der Waals surface area contributed by atoms with Crippen LogP contribution in [0.15, 0.2) is 29.2 Å². The Morgan fingerprint density at radius 3 is 2.78 bits per heavy atom. The van der Waals surface area contributed by atoms with Crippen LogP contribution in [-0.2, 0) is 6.54 Å². The molecule has 3 aromatic heterocycles. The van der Waals surface area contributed by atoms with Crippen LogP contribution in [-0.4, -0.2) is 33.4 Å². The predicted molar refractivity (Wildman–Crippen MR) is 108 cm³/mol. The van der Waals surface area contributed by atoms with Gasteiger partial charge in [-0.15, -0.1) is 11.3 Å². The number of fused-ring (bicyclic) bond motifs is 1. The van der Waals surface area contributed by atoms with Gasteiger partial charge in [0.25, 0.3) is 11.5 Å². The van der Waals surface area contributed by atoms with Gasteiger partial charge in [0.1, 0.15) is 11.5 Å². The zero-order chi connectivity index (χ0) is 19.6. The number of pyridine rings is 1. The Morgan fingerprint density at radius 1 is 1.37 bits per heavy atom. The van der Waals surface area contributed by atoms with Crippen LogP contribution in [0.3, 0.4) is 0 Å². The molecule has 3 heterocycles. The maximum absolute atomic E-state index is 12.7. The number of nitrogens with one attached hydrogen (secondary N) is 1. The topological polar surface area (TPSA) is 79.6 Å². The summed E-state index contributed by atoms with van der Waals surface area (Å²) in [7, 11) is 0. The molecule has 7 nitrogen and oxygen atoms in total. The number of halogens is 1. The third-order valence-corrected chi connectivity index (χ3v) is 5.24. The number of aromatic nitrogens is 3. The number of amides is 1. The zero-order valence-corrected chi connectivity index (χ0v) is 16.9. The average molecular weight is 406 g/mol. The number of aryl methyl sites for hydroxylation is 1. The van der Waals surface area contributed by atoms with Crippen molar-refractivity contribution < 1.29 is 4.79 Å². The van der Waals surface area contributed by atoms with Gasteiger partial charge in [0.15, 0.2) is 4.96 Å². The lowest BCUT2D eigenvalue weighted by atomic mass is 10.3. The minimum Gasteiger partial charge on any atom is -0.351 e. The number of anilines is 1. The molecule has 9 heteroatoms. The Hall–Kier alpha value is -2.45. The molecule has 0 spiro atoms. The van der Waals surface area contributed by atoms with Crippen molar-refractivity contribution >= 4 is 39.6 Å². The minimum absolute atomic E-state index is 0.263. The maximum atomic E-state index is 12.7. The largest absolute Gasteiger partial charge is 0.351 e. The van der Waals surface area contributed by atoms with Gasteiger partial charge in [-0.1, -0.05) is 11.6 Å². The van der Waals surface area contributed by atoms with Crippen molar-refractivity contribution in [3.8, 4) is 0 Å². The van der Waals surface area contributed by atoms with E-state index in [1.54, 1.807) is 12.3 Å². The lowest BCUT2D eigenvalue weighted by Crippen LogP contribution is -2.29. The van der Waals surface area contributed by atoms with Crippen molar-refractivity contribution in [2.45, 2.75) is 27.3 Å². The summed E-state index contributed by atoms with van der Waals surface area (Å²) in [5.74, 6) is 0.493. The van der Waals surface area contributed by atoms with Crippen LogP contribution in [0.25, 0.3) is 4.96 Å². The Bertz CT molecular complexity index is 1030. The highest BCUT2D eigenvalue weighted by atomic mass is 35.5. The molecule has 0 aliphatic carbocycles. The van der Waals surface area contributed by atoms with Crippen molar-refractivity contribution in [3.63, 3.8) is 0 Å². The summed E-state index contributed by atoms with van der Waals surface area (Å²) in [6.07, 6.45) is 1.59. The van der Waals surface area contributed by atoms with Gasteiger partial charge >= 0.3 is 0 Å². The van der Waals surface area contributed by atoms with E-state index >= 15 is 0 Å². The van der Waals surface area contributed by atoms with E-state index in [2.05, 4.69) is 15.3 Å². The Morgan fingerprint density at radius 2 is 2.15 bits per heavy atom. The highest BCUT2D eigenvalue weighted by Crippen LogP contribution is 2.21. The molecule has 27 heavy (non-hydrogen) atoms. The number of thiazole rings is 1. The molecule has 0 saturated carbocycles. The molecule has 0 aliphatic rings. The van der Waals surface area contributed by atoms with E-state index in [-0.39, 0.29) is 11.5 Å². The highest BCUT2D eigenvalue weighted by molar-refractivity contribution is 7.17. The number of rotatable bonds is 6. The molecule has 1 N–H and O–H groups in total. The predicted octanol–water partition coefficient (Wildman–Crippen LogP) is 2.89. The van der Waals surface area contributed by atoms with Gasteiger partial charge in [-0.3, -0.25) is 9.59 Å². The second kappa shape index (κ2) is 8.06. The highest BCUT2D eigenvalue weighted by Gasteiger charge is 2.19. The minimum atomic E-state index is -0.265. The van der Waals surface area contributed by atoms with E-state index in [0.717, 1.165) is 10.7 Å². The zero-order valence-electron chi connectivity index (χ0n) is 15.3. The van der Waals surface area contributed by atoms with E-state index in [1.165, 1.54) is 21.8 Å². The molecule has 1 amide bonds. The first-order valence-corrected chi connectivity index (χ1v) is 9.80. The molecule has 0 bridgehead atoms. The molecule has 142 valence electrons. The van der Waals surface area contributed by atoms with E-state index in [1.807, 2.05) is 31.7 Å². The lowest BCUT2D eigenvalue weighted by Gasteiger charge is -2.21. The van der Waals surface area contributed by atoms with Crippen LogP contribution in [0.1, 0.15) is 34.9 Å². The first kappa shape index (κ1) is 19.3. The van der Waals surface area contributed by atoms with Crippen molar-refractivity contribution in [2.24, 2.45) is 0 Å². The molecule has 3 aromatic rings. The molecular formula is C18H20ClN5O2S. The number of nitrogens with zero attached hydrogens (tertiary/aromatic N) is 4. The number of hydrogen-bond donors (Lipinski definition) is 1. The van der Waals surface area contributed by atoms with Gasteiger partial charge in [-0.2, -0.15) is 0 Å². The van der Waals surface area contributed by atoms with Gasteiger partial charge in [0.05, 0.1) is 17.3 Å². The molecule has 3 rings (SSSR count). The van der Waals surface area contributed by atoms with E-state index in [0.29, 0.717) is 41.0 Å². The van der Waals surface area contributed by atoms with Crippen molar-refractivity contribution in [1.29, 1.82) is 0 Å². The summed E-state index contributed by atoms with van der Waals surface area (Å²) >= 11 is 7.24. The van der Waals surface area contributed by atoms with Gasteiger partial charge < -0.3 is 10.2 Å². The molecule has 0 atom stereocenters. The van der Waals surface area contributed by atoms with Crippen LogP contribution < -0.4 is 15.8 Å². The van der Waals surface area contributed by atoms with E-state index < -0.39 is 0 Å². The fraction of sp³-hybridized carbons (Fsp3) is 0.333. The summed E-state index contributed by atoms with van der Waals surface area (Å²) in [4.78, 5) is 37.2. The second-order valence-electron chi connectivity index (χ2n) is 5.92. The number of hydrogen-bond acceptors (Lipinski definition) is 6. The van der Waals surface area contributed by atoms with Gasteiger partial charge in [0, 0.05) is 30.2 Å². The van der Waals surface area contributed by atoms with Crippen LogP contribution in [0.5, 0.6) is 0 Å². The SMILES string of the molecule is CCNC(=O)c1c(C)sc2nc(CN(CC)c3ccc(Cl)cn3)cc(=O)n12. The van der Waals surface area contributed by atoms with Crippen molar-refractivity contribution in [2.75, 3.05) is 18.0 Å². The standard InChI is InChI=1S/C18H20ClN5O2S/c1-4-20-17(26)16-11(3)27-18-22-13(8-15(25)24(16)18)10-23(5-2)14-7-6-12(19)9-21-14/h6-9H,4-5,10H2,1-3H3,(H,20,26). The smallest absolute Gasteiger partial charge is 0.269 e. The third-order valence-electron chi connectivity index (χ3n) is 4.07. The van der Waals surface area contributed by atoms with Crippen molar-refractivity contribution in [1.82, 2.24) is 19.7 Å². The summed E-state index contributed by atoms with van der Waals surface area (Å²) < 4.78 is 1.38. The third kappa shape index (κ3) is 3.96. The molecule has 0 fully saturated rings. The Kier molecular flexibility index (Phi) is 5.76. The van der Waals surface area contributed by atoms with Gasteiger partial charge in [-0.05, 0) is 32.9 Å². The first-order chi connectivity index (χ1) is 12.9. The summed E-state index contributed by atoms with van der Waals surface area (Å²) in [6.45, 7) is 7.29. The number of carbonyl (C=O) groups excluding carboxylic acids is 1. The first-order valence-electron chi connectivity index (χ1n) is 8.61. The molecule has 0 aliphatic heterocycles. The average Bonchev–Trinajstić information content (AvgIpc) is 2.97. The fourth-order valence-corrected chi connectivity index (χ4v) is 3.92. The van der Waals surface area contributed by atoms with Crippen LogP contribution >= 0.6 is 22.9 Å². The fourth-order valence-electron chi connectivity index (χ4n) is 2.82. The van der Waals surface area contributed by atoms with Crippen LogP contribution in [0, 0.1) is 6.92 Å². The van der Waals surface area contributed by atoms with Gasteiger partial charge in [0.2, 0.25) is 0 Å². The second-order valence-corrected chi connectivity index (χ2v) is 7.54. The van der Waals surface area contributed by atoms with Gasteiger partial charge in [-0.25, -0.2) is 14.4 Å². The van der Waals surface area contributed by atoms with Crippen LogP contribution in [0.2, 0.25) is 5.02 Å². The molecular weight excluding hydrogens is 386 g/mol. The maximum Gasteiger partial charge on any atom is 0.269 e. The quantitative estimate of drug-likeness (QED) is 0.682. The monoisotopic (exact) mass is 405 g/mol. The number of carbonyl (C=O) groups is 1. The molecule has 0 saturated heterocycles. The molecule has 0 unspecified atom stereocenters. The van der Waals surface area contributed by atoms with E-state index in [9.17, 15) is 9.59 Å². The summed E-state index contributed by atoms with van der Waals surface area (Å²) in [5, 5.41) is 3.31. The van der Waals surface area contributed by atoms with E-state index in [4.69, 9.17) is 11.6 Å². The Labute approximate surface area is 165 Å². The Balaban J connectivity index is 1.98. The summed E-state index contributed by atoms with van der Waals surface area (Å²) in [6, 6.07) is 5.08. The lowest BCUT2D eigenvalue weighted by molar-refractivity contribution is 0.0949. The van der Waals surface area contributed by atoms with Crippen molar-refractivity contribution in [3.05, 3.63) is 56.0 Å². The molecule has 0 aromatic carbocycles. The normalized spacial score (nSPS) is 11.0. The summed E-state index contributed by atoms with van der Waals surface area (Å²) in [5.41, 5.74) is 0.718. The molecule has 0 radical (unpaired) electrons.